The van der Waals surface area contributed by atoms with Gasteiger partial charge in [0.25, 0.3) is 11.8 Å². The average Bonchev–Trinajstić information content (AvgIpc) is 2.92. The van der Waals surface area contributed by atoms with Gasteiger partial charge in [0.15, 0.2) is 5.82 Å². The van der Waals surface area contributed by atoms with Gasteiger partial charge < -0.3 is 24.6 Å². The van der Waals surface area contributed by atoms with Gasteiger partial charge in [0.2, 0.25) is 0 Å². The summed E-state index contributed by atoms with van der Waals surface area (Å²) in [5, 5.41) is 11.6. The molecule has 4 heterocycles. The molecule has 2 saturated carbocycles. The number of hydrogen-bond donors (Lipinski definition) is 1. The van der Waals surface area contributed by atoms with Crippen molar-refractivity contribution in [2.45, 2.75) is 77.1 Å². The Labute approximate surface area is 256 Å². The van der Waals surface area contributed by atoms with Crippen LogP contribution in [0.15, 0.2) is 36.8 Å². The van der Waals surface area contributed by atoms with Gasteiger partial charge in [0.1, 0.15) is 29.7 Å². The first-order valence-electron chi connectivity index (χ1n) is 15.0. The molecule has 4 aliphatic rings. The number of fused-ring (bicyclic) bond motifs is 1. The molecule has 12 heteroatoms. The lowest BCUT2D eigenvalue weighted by Gasteiger charge is -2.58. The summed E-state index contributed by atoms with van der Waals surface area (Å²) in [4.78, 5) is 26.6. The summed E-state index contributed by atoms with van der Waals surface area (Å²) >= 11 is 0. The van der Waals surface area contributed by atoms with Gasteiger partial charge in [-0.15, -0.1) is 22.6 Å². The van der Waals surface area contributed by atoms with Crippen LogP contribution in [0, 0.1) is 11.2 Å². The number of nitrogens with one attached hydrogen (secondary N) is 1. The second kappa shape index (κ2) is 11.8. The van der Waals surface area contributed by atoms with Crippen LogP contribution in [0.2, 0.25) is 0 Å². The monoisotopic (exact) mass is 609 g/mol. The predicted octanol–water partition coefficient (Wildman–Crippen LogP) is 4.72. The maximum atomic E-state index is 14.4. The van der Waals surface area contributed by atoms with Crippen molar-refractivity contribution in [1.29, 1.82) is 0 Å². The number of ether oxygens (including phenoxy) is 2. The van der Waals surface area contributed by atoms with Gasteiger partial charge in [-0.25, -0.2) is 9.37 Å². The third-order valence-electron chi connectivity index (χ3n) is 9.12. The molecule has 10 nitrogen and oxygen atoms in total. The van der Waals surface area contributed by atoms with E-state index in [4.69, 9.17) is 9.47 Å². The van der Waals surface area contributed by atoms with E-state index in [1.54, 1.807) is 0 Å². The van der Waals surface area contributed by atoms with Crippen molar-refractivity contribution in [2.75, 3.05) is 24.5 Å². The molecule has 3 fully saturated rings. The van der Waals surface area contributed by atoms with Crippen molar-refractivity contribution in [1.82, 2.24) is 30.4 Å². The molecule has 0 radical (unpaired) electrons. The molecule has 1 saturated heterocycles. The largest absolute Gasteiger partial charge is 0.490 e. The second-order valence-corrected chi connectivity index (χ2v) is 12.4. The van der Waals surface area contributed by atoms with Crippen LogP contribution in [0.5, 0.6) is 17.4 Å². The Bertz CT molecular complexity index is 1490. The summed E-state index contributed by atoms with van der Waals surface area (Å²) in [5.41, 5.74) is 2.65. The molecule has 1 N–H and O–H groups in total. The van der Waals surface area contributed by atoms with Crippen LogP contribution < -0.4 is 19.7 Å². The topological polar surface area (TPSA) is 106 Å². The first kappa shape index (κ1) is 29.5. The average molecular weight is 610 g/mol. The van der Waals surface area contributed by atoms with Gasteiger partial charge in [0.05, 0.1) is 5.56 Å². The van der Waals surface area contributed by atoms with Crippen LogP contribution in [-0.2, 0) is 13.0 Å². The number of anilines is 1. The minimum Gasteiger partial charge on any atom is -0.490 e. The number of rotatable bonds is 8. The van der Waals surface area contributed by atoms with E-state index in [0.717, 1.165) is 76.1 Å². The molecule has 7 rings (SSSR count). The van der Waals surface area contributed by atoms with Gasteiger partial charge >= 0.3 is 0 Å². The summed E-state index contributed by atoms with van der Waals surface area (Å²) in [6.45, 7) is 7.32. The number of carbonyl (C=O) groups excluding carboxylic acids is 1. The highest BCUT2D eigenvalue weighted by molar-refractivity contribution is 5.97. The summed E-state index contributed by atoms with van der Waals surface area (Å²) in [7, 11) is 0. The Balaban J connectivity index is 0.00000329. The molecule has 0 bridgehead atoms. The summed E-state index contributed by atoms with van der Waals surface area (Å²) in [6.07, 6.45) is 9.28. The highest BCUT2D eigenvalue weighted by atomic mass is 35.5. The van der Waals surface area contributed by atoms with Gasteiger partial charge in [-0.3, -0.25) is 9.78 Å². The molecular weight excluding hydrogens is 573 g/mol. The Morgan fingerprint density at radius 3 is 2.72 bits per heavy atom. The van der Waals surface area contributed by atoms with E-state index in [9.17, 15) is 9.18 Å². The highest BCUT2D eigenvalue weighted by Gasteiger charge is 2.54. The second-order valence-electron chi connectivity index (χ2n) is 12.4. The number of halogens is 2. The Kier molecular flexibility index (Phi) is 8.12. The summed E-state index contributed by atoms with van der Waals surface area (Å²) in [5.74, 6) is 1.23. The number of nitrogens with zero attached hydrogens (tertiary/aromatic N) is 6. The van der Waals surface area contributed by atoms with Crippen LogP contribution in [-0.4, -0.2) is 68.8 Å². The molecule has 2 aromatic heterocycles. The minimum absolute atomic E-state index is 0. The lowest BCUT2D eigenvalue weighted by Crippen LogP contribution is -2.65. The van der Waals surface area contributed by atoms with Crippen LogP contribution in [0.3, 0.4) is 0 Å². The summed E-state index contributed by atoms with van der Waals surface area (Å²) < 4.78 is 27.0. The fraction of sp³-hybridized carbons (Fsp3) is 0.516. The summed E-state index contributed by atoms with van der Waals surface area (Å²) in [6, 6.07) is 6.15. The fourth-order valence-electron chi connectivity index (χ4n) is 6.82. The quantitative estimate of drug-likeness (QED) is 0.388. The zero-order chi connectivity index (χ0) is 28.8. The van der Waals surface area contributed by atoms with Crippen molar-refractivity contribution in [3.05, 3.63) is 59.4 Å². The van der Waals surface area contributed by atoms with Crippen molar-refractivity contribution in [2.24, 2.45) is 5.41 Å². The molecule has 1 amide bonds. The van der Waals surface area contributed by atoms with Crippen molar-refractivity contribution < 1.29 is 18.7 Å². The Morgan fingerprint density at radius 1 is 1.16 bits per heavy atom. The zero-order valence-corrected chi connectivity index (χ0v) is 25.3. The van der Waals surface area contributed by atoms with Gasteiger partial charge in [-0.1, -0.05) is 0 Å². The molecular formula is C31H37ClFN7O3. The third kappa shape index (κ3) is 5.60. The van der Waals surface area contributed by atoms with Crippen LogP contribution in [0.4, 0.5) is 10.2 Å². The maximum absolute atomic E-state index is 14.4. The van der Waals surface area contributed by atoms with Crippen molar-refractivity contribution in [3.63, 3.8) is 0 Å². The standard InChI is InChI=1S/C31H36FN7O3.ClH/c1-19(2)39(21-4-3-5-21)30(40)23-12-20(32)6-7-26(23)42-29-28(35-18-36-37-29)38-16-31(17-38)13-22(14-31)41-27-9-11-34-25-8-10-33-15-24(25)27;/h6-7,9,11-12,18-19,21-22,33H,3-5,8,10,13-17H2,1-2H3;1H. The Morgan fingerprint density at radius 2 is 1.98 bits per heavy atom. The van der Waals surface area contributed by atoms with Crippen LogP contribution in [0.1, 0.15) is 67.6 Å². The molecule has 43 heavy (non-hydrogen) atoms. The lowest BCUT2D eigenvalue weighted by molar-refractivity contribution is -0.0350. The Hall–Kier alpha value is -3.57. The minimum atomic E-state index is -0.490. The van der Waals surface area contributed by atoms with E-state index in [-0.39, 0.29) is 59.1 Å². The number of benzene rings is 1. The van der Waals surface area contributed by atoms with E-state index in [2.05, 4.69) is 30.4 Å². The zero-order valence-electron chi connectivity index (χ0n) is 24.5. The first-order valence-corrected chi connectivity index (χ1v) is 15.0. The molecule has 3 aromatic rings. The van der Waals surface area contributed by atoms with Gasteiger partial charge in [0, 0.05) is 67.6 Å². The number of aromatic nitrogens is 4. The number of hydrogen-bond acceptors (Lipinski definition) is 9. The fourth-order valence-corrected chi connectivity index (χ4v) is 6.82. The van der Waals surface area contributed by atoms with Crippen molar-refractivity contribution >= 4 is 24.1 Å². The SMILES string of the molecule is CC(C)N(C(=O)c1cc(F)ccc1Oc1nncnc1N1CC2(CC(Oc3ccnc4c3CNCC4)C2)C1)C1CCC1.Cl. The normalized spacial score (nSPS) is 19.0. The van der Waals surface area contributed by atoms with E-state index < -0.39 is 5.82 Å². The molecule has 0 atom stereocenters. The predicted molar refractivity (Wildman–Crippen MR) is 160 cm³/mol. The number of amides is 1. The van der Waals surface area contributed by atoms with Gasteiger partial charge in [-0.2, -0.15) is 0 Å². The molecule has 1 aromatic carbocycles. The lowest BCUT2D eigenvalue weighted by atomic mass is 9.61. The molecule has 2 aliphatic heterocycles. The molecule has 2 aliphatic carbocycles. The smallest absolute Gasteiger partial charge is 0.282 e. The van der Waals surface area contributed by atoms with E-state index in [0.29, 0.717) is 5.82 Å². The van der Waals surface area contributed by atoms with E-state index >= 15 is 0 Å². The van der Waals surface area contributed by atoms with Crippen LogP contribution >= 0.6 is 12.4 Å². The third-order valence-corrected chi connectivity index (χ3v) is 9.12. The molecule has 1 spiro atoms. The molecule has 228 valence electrons. The maximum Gasteiger partial charge on any atom is 0.282 e. The number of carbonyl (C=O) groups is 1. The first-order chi connectivity index (χ1) is 20.4. The molecule has 0 unspecified atom stereocenters. The van der Waals surface area contributed by atoms with Crippen molar-refractivity contribution in [3.8, 4) is 17.4 Å². The highest BCUT2D eigenvalue weighted by Crippen LogP contribution is 2.52. The number of pyridine rings is 1. The van der Waals surface area contributed by atoms with Crippen LogP contribution in [0.25, 0.3) is 0 Å². The van der Waals surface area contributed by atoms with E-state index in [1.165, 1.54) is 30.1 Å². The van der Waals surface area contributed by atoms with Gasteiger partial charge in [-0.05, 0) is 70.2 Å². The van der Waals surface area contributed by atoms with E-state index in [1.807, 2.05) is 31.0 Å².